The van der Waals surface area contributed by atoms with Crippen molar-refractivity contribution in [2.75, 3.05) is 5.73 Å². The quantitative estimate of drug-likeness (QED) is 0.870. The maximum absolute atomic E-state index is 5.99. The second kappa shape index (κ2) is 4.18. The van der Waals surface area contributed by atoms with Gasteiger partial charge in [0.15, 0.2) is 0 Å². The van der Waals surface area contributed by atoms with Gasteiger partial charge in [0.1, 0.15) is 5.82 Å². The normalized spacial score (nSPS) is 10.7. The highest BCUT2D eigenvalue weighted by Crippen LogP contribution is 2.29. The summed E-state index contributed by atoms with van der Waals surface area (Å²) in [7, 11) is 1.89. The molecular weight excluding hydrogens is 222 g/mol. The molecule has 0 saturated carbocycles. The molecule has 3 nitrogen and oxygen atoms in total. The summed E-state index contributed by atoms with van der Waals surface area (Å²) in [5.41, 5.74) is 9.03. The maximum Gasteiger partial charge on any atom is 0.149 e. The Labute approximate surface area is 99.8 Å². The summed E-state index contributed by atoms with van der Waals surface area (Å²) in [5, 5.41) is 4.96. The fourth-order valence-electron chi connectivity index (χ4n) is 1.93. The van der Waals surface area contributed by atoms with E-state index in [1.54, 1.807) is 4.68 Å². The smallest absolute Gasteiger partial charge is 0.149 e. The molecular formula is C12H14ClN3. The van der Waals surface area contributed by atoms with Crippen molar-refractivity contribution in [2.24, 2.45) is 7.05 Å². The number of nitrogen functional groups attached to an aromatic ring is 1. The fourth-order valence-corrected chi connectivity index (χ4v) is 2.12. The molecule has 0 spiro atoms. The minimum Gasteiger partial charge on any atom is -0.382 e. The molecule has 1 aromatic heterocycles. The summed E-state index contributed by atoms with van der Waals surface area (Å²) in [5.74, 6) is 0.597. The van der Waals surface area contributed by atoms with Crippen molar-refractivity contribution >= 4 is 17.4 Å². The molecule has 2 rings (SSSR count). The lowest BCUT2D eigenvalue weighted by Crippen LogP contribution is -1.95. The number of rotatable bonds is 2. The van der Waals surface area contributed by atoms with Crippen LogP contribution in [0, 0.1) is 0 Å². The van der Waals surface area contributed by atoms with E-state index in [2.05, 4.69) is 12.0 Å². The lowest BCUT2D eigenvalue weighted by Gasteiger charge is -2.05. The summed E-state index contributed by atoms with van der Waals surface area (Å²) in [6.07, 6.45) is 0.863. The van der Waals surface area contributed by atoms with Crippen LogP contribution in [0.15, 0.2) is 24.3 Å². The van der Waals surface area contributed by atoms with Gasteiger partial charge in [0.05, 0.1) is 5.69 Å². The van der Waals surface area contributed by atoms with Gasteiger partial charge in [-0.1, -0.05) is 30.7 Å². The molecule has 0 fully saturated rings. The molecule has 0 bridgehead atoms. The van der Waals surface area contributed by atoms with Crippen LogP contribution in [-0.2, 0) is 13.5 Å². The van der Waals surface area contributed by atoms with E-state index in [0.717, 1.165) is 28.3 Å². The molecule has 0 atom stereocenters. The van der Waals surface area contributed by atoms with Crippen molar-refractivity contribution in [3.63, 3.8) is 0 Å². The summed E-state index contributed by atoms with van der Waals surface area (Å²) < 4.78 is 1.81. The van der Waals surface area contributed by atoms with Gasteiger partial charge in [-0.05, 0) is 18.6 Å². The molecule has 0 aliphatic carbocycles. The molecule has 0 radical (unpaired) electrons. The monoisotopic (exact) mass is 235 g/mol. The van der Waals surface area contributed by atoms with Crippen LogP contribution < -0.4 is 5.73 Å². The van der Waals surface area contributed by atoms with Gasteiger partial charge >= 0.3 is 0 Å². The summed E-state index contributed by atoms with van der Waals surface area (Å²) in [6, 6.07) is 7.73. The molecule has 1 heterocycles. The van der Waals surface area contributed by atoms with E-state index in [9.17, 15) is 0 Å². The van der Waals surface area contributed by atoms with Crippen LogP contribution in [0.2, 0.25) is 5.02 Å². The number of aromatic nitrogens is 2. The zero-order valence-electron chi connectivity index (χ0n) is 9.37. The van der Waals surface area contributed by atoms with Gasteiger partial charge < -0.3 is 5.73 Å². The van der Waals surface area contributed by atoms with Gasteiger partial charge in [-0.2, -0.15) is 5.10 Å². The topological polar surface area (TPSA) is 43.8 Å². The van der Waals surface area contributed by atoms with Crippen LogP contribution in [-0.4, -0.2) is 9.78 Å². The summed E-state index contributed by atoms with van der Waals surface area (Å²) in [6.45, 7) is 2.07. The molecule has 0 aliphatic rings. The van der Waals surface area contributed by atoms with Gasteiger partial charge in [0, 0.05) is 23.2 Å². The number of hydrogen-bond donors (Lipinski definition) is 1. The molecule has 16 heavy (non-hydrogen) atoms. The SMILES string of the molecule is CCc1c(N)nn(C)c1-c1cccc(Cl)c1. The number of hydrogen-bond acceptors (Lipinski definition) is 2. The number of benzene rings is 1. The average molecular weight is 236 g/mol. The maximum atomic E-state index is 5.99. The highest BCUT2D eigenvalue weighted by atomic mass is 35.5. The third-order valence-electron chi connectivity index (χ3n) is 2.63. The Balaban J connectivity index is 2.63. The van der Waals surface area contributed by atoms with Gasteiger partial charge in [-0.15, -0.1) is 0 Å². The van der Waals surface area contributed by atoms with Crippen molar-refractivity contribution in [3.05, 3.63) is 34.9 Å². The first-order valence-corrected chi connectivity index (χ1v) is 5.58. The highest BCUT2D eigenvalue weighted by molar-refractivity contribution is 6.30. The second-order valence-corrected chi connectivity index (χ2v) is 4.14. The van der Waals surface area contributed by atoms with E-state index < -0.39 is 0 Å². The van der Waals surface area contributed by atoms with Crippen LogP contribution >= 0.6 is 11.6 Å². The number of nitrogens with two attached hydrogens (primary N) is 1. The molecule has 2 aromatic rings. The number of nitrogens with zero attached hydrogens (tertiary/aromatic N) is 2. The molecule has 0 saturated heterocycles. The first-order chi connectivity index (χ1) is 7.63. The van der Waals surface area contributed by atoms with Gasteiger partial charge in [0.25, 0.3) is 0 Å². The van der Waals surface area contributed by atoms with Crippen LogP contribution in [0.3, 0.4) is 0 Å². The summed E-state index contributed by atoms with van der Waals surface area (Å²) in [4.78, 5) is 0. The van der Waals surface area contributed by atoms with Crippen LogP contribution in [0.1, 0.15) is 12.5 Å². The second-order valence-electron chi connectivity index (χ2n) is 3.70. The number of aryl methyl sites for hydroxylation is 1. The predicted molar refractivity (Wildman–Crippen MR) is 67.4 cm³/mol. The van der Waals surface area contributed by atoms with Crippen molar-refractivity contribution in [1.29, 1.82) is 0 Å². The van der Waals surface area contributed by atoms with Crippen molar-refractivity contribution in [1.82, 2.24) is 9.78 Å². The summed E-state index contributed by atoms with van der Waals surface area (Å²) >= 11 is 5.99. The van der Waals surface area contributed by atoms with Crippen LogP contribution in [0.5, 0.6) is 0 Å². The van der Waals surface area contributed by atoms with Gasteiger partial charge in [-0.3, -0.25) is 4.68 Å². The Bertz CT molecular complexity index is 517. The molecule has 4 heteroatoms. The van der Waals surface area contributed by atoms with E-state index in [-0.39, 0.29) is 0 Å². The highest BCUT2D eigenvalue weighted by Gasteiger charge is 2.13. The Morgan fingerprint density at radius 3 is 2.81 bits per heavy atom. The molecule has 2 N–H and O–H groups in total. The number of anilines is 1. The Kier molecular flexibility index (Phi) is 2.88. The number of halogens is 1. The zero-order valence-corrected chi connectivity index (χ0v) is 10.1. The fraction of sp³-hybridized carbons (Fsp3) is 0.250. The van der Waals surface area contributed by atoms with Crippen molar-refractivity contribution < 1.29 is 0 Å². The molecule has 0 unspecified atom stereocenters. The minimum absolute atomic E-state index is 0.597. The largest absolute Gasteiger partial charge is 0.382 e. The van der Waals surface area contributed by atoms with Crippen LogP contribution in [0.25, 0.3) is 11.3 Å². The van der Waals surface area contributed by atoms with Crippen molar-refractivity contribution in [3.8, 4) is 11.3 Å². The first-order valence-electron chi connectivity index (χ1n) is 5.20. The van der Waals surface area contributed by atoms with Crippen LogP contribution in [0.4, 0.5) is 5.82 Å². The van der Waals surface area contributed by atoms with E-state index in [4.69, 9.17) is 17.3 Å². The standard InChI is InChI=1S/C12H14ClN3/c1-3-10-11(16(2)15-12(10)14)8-5-4-6-9(13)7-8/h4-7H,3H2,1-2H3,(H2,14,15). The van der Waals surface area contributed by atoms with Gasteiger partial charge in [-0.25, -0.2) is 0 Å². The van der Waals surface area contributed by atoms with E-state index in [0.29, 0.717) is 5.82 Å². The van der Waals surface area contributed by atoms with Gasteiger partial charge in [0.2, 0.25) is 0 Å². The Morgan fingerprint density at radius 2 is 2.19 bits per heavy atom. The first kappa shape index (κ1) is 11.0. The third-order valence-corrected chi connectivity index (χ3v) is 2.86. The lowest BCUT2D eigenvalue weighted by molar-refractivity contribution is 0.779. The lowest BCUT2D eigenvalue weighted by atomic mass is 10.1. The molecule has 0 amide bonds. The van der Waals surface area contributed by atoms with E-state index in [1.165, 1.54) is 0 Å². The average Bonchev–Trinajstić information content (AvgIpc) is 2.52. The third kappa shape index (κ3) is 1.78. The van der Waals surface area contributed by atoms with E-state index in [1.807, 2.05) is 31.3 Å². The Hall–Kier alpha value is -1.48. The molecule has 0 aliphatic heterocycles. The molecule has 84 valence electrons. The van der Waals surface area contributed by atoms with E-state index >= 15 is 0 Å². The predicted octanol–water partition coefficient (Wildman–Crippen LogP) is 2.89. The molecule has 1 aromatic carbocycles. The van der Waals surface area contributed by atoms with Crippen molar-refractivity contribution in [2.45, 2.75) is 13.3 Å². The minimum atomic E-state index is 0.597. The zero-order chi connectivity index (χ0) is 11.7. The Morgan fingerprint density at radius 1 is 1.44 bits per heavy atom.